The monoisotopic (exact) mass is 312 g/mol. The first-order valence-corrected chi connectivity index (χ1v) is 8.43. The Bertz CT molecular complexity index is 635. The fraction of sp³-hybridized carbons (Fsp3) is 0.600. The van der Waals surface area contributed by atoms with E-state index in [9.17, 15) is 8.42 Å². The van der Waals surface area contributed by atoms with E-state index in [4.69, 9.17) is 10.5 Å². The van der Waals surface area contributed by atoms with E-state index in [1.165, 1.54) is 4.31 Å². The van der Waals surface area contributed by atoms with Crippen LogP contribution in [0, 0.1) is 6.92 Å². The minimum absolute atomic E-state index is 0.168. The molecule has 0 radical (unpaired) electrons. The molecule has 2 rings (SSSR count). The molecule has 0 atom stereocenters. The number of rotatable bonds is 2. The molecule has 6 heteroatoms. The lowest BCUT2D eigenvalue weighted by molar-refractivity contribution is -0.163. The molecule has 0 aliphatic carbocycles. The van der Waals surface area contributed by atoms with E-state index < -0.39 is 21.2 Å². The third-order valence-electron chi connectivity index (χ3n) is 3.45. The van der Waals surface area contributed by atoms with Gasteiger partial charge in [-0.1, -0.05) is 6.07 Å². The number of sulfonamides is 1. The predicted molar refractivity (Wildman–Crippen MR) is 83.6 cm³/mol. The third kappa shape index (κ3) is 3.39. The normalized spacial score (nSPS) is 22.1. The molecule has 1 aliphatic rings. The van der Waals surface area contributed by atoms with Gasteiger partial charge < -0.3 is 10.5 Å². The van der Waals surface area contributed by atoms with Gasteiger partial charge in [0.05, 0.1) is 16.9 Å². The number of nitrogens with zero attached hydrogens (tertiary/aromatic N) is 1. The van der Waals surface area contributed by atoms with Crippen molar-refractivity contribution in [2.75, 3.05) is 18.8 Å². The second-order valence-corrected chi connectivity index (χ2v) is 8.84. The maximum Gasteiger partial charge on any atom is 0.245 e. The zero-order valence-electron chi connectivity index (χ0n) is 13.3. The van der Waals surface area contributed by atoms with Crippen molar-refractivity contribution >= 4 is 15.7 Å². The van der Waals surface area contributed by atoms with Crippen LogP contribution in [0.15, 0.2) is 23.1 Å². The second kappa shape index (κ2) is 4.97. The maximum atomic E-state index is 12.9. The van der Waals surface area contributed by atoms with Gasteiger partial charge in [-0.05, 0) is 52.3 Å². The van der Waals surface area contributed by atoms with Gasteiger partial charge in [0.25, 0.3) is 0 Å². The molecule has 0 saturated carbocycles. The fourth-order valence-electron chi connectivity index (χ4n) is 2.93. The molecule has 1 heterocycles. The molecule has 2 N–H and O–H groups in total. The Kier molecular flexibility index (Phi) is 3.85. The Morgan fingerprint density at radius 3 is 2.14 bits per heavy atom. The Labute approximate surface area is 127 Å². The first-order valence-electron chi connectivity index (χ1n) is 6.99. The summed E-state index contributed by atoms with van der Waals surface area (Å²) in [6.45, 7) is 10.1. The van der Waals surface area contributed by atoms with Crippen molar-refractivity contribution in [1.82, 2.24) is 4.31 Å². The fourth-order valence-corrected chi connectivity index (χ4v) is 4.77. The Morgan fingerprint density at radius 2 is 1.67 bits per heavy atom. The van der Waals surface area contributed by atoms with Crippen LogP contribution in [0.5, 0.6) is 0 Å². The topological polar surface area (TPSA) is 72.6 Å². The summed E-state index contributed by atoms with van der Waals surface area (Å²) in [6.07, 6.45) is 0. The minimum Gasteiger partial charge on any atom is -0.398 e. The molecule has 5 nitrogen and oxygen atoms in total. The van der Waals surface area contributed by atoms with Crippen molar-refractivity contribution in [2.45, 2.75) is 50.7 Å². The molecule has 0 spiro atoms. The zero-order valence-corrected chi connectivity index (χ0v) is 14.1. The van der Waals surface area contributed by atoms with E-state index in [2.05, 4.69) is 0 Å². The number of aryl methyl sites for hydroxylation is 1. The highest BCUT2D eigenvalue weighted by molar-refractivity contribution is 7.89. The molecular weight excluding hydrogens is 288 g/mol. The molecule has 0 aromatic heterocycles. The highest BCUT2D eigenvalue weighted by Crippen LogP contribution is 2.33. The van der Waals surface area contributed by atoms with Crippen LogP contribution in [0.4, 0.5) is 5.69 Å². The van der Waals surface area contributed by atoms with Crippen LogP contribution in [0.2, 0.25) is 0 Å². The van der Waals surface area contributed by atoms with E-state index >= 15 is 0 Å². The minimum atomic E-state index is -3.62. The van der Waals surface area contributed by atoms with Crippen molar-refractivity contribution in [3.05, 3.63) is 23.8 Å². The first-order chi connectivity index (χ1) is 9.43. The molecule has 1 aromatic rings. The van der Waals surface area contributed by atoms with Gasteiger partial charge in [-0.25, -0.2) is 8.42 Å². The first kappa shape index (κ1) is 16.3. The number of benzene rings is 1. The van der Waals surface area contributed by atoms with Crippen LogP contribution in [-0.4, -0.2) is 37.0 Å². The van der Waals surface area contributed by atoms with Crippen molar-refractivity contribution in [2.24, 2.45) is 0 Å². The van der Waals surface area contributed by atoms with Crippen LogP contribution in [0.3, 0.4) is 0 Å². The van der Waals surface area contributed by atoms with Gasteiger partial charge in [-0.2, -0.15) is 4.31 Å². The molecular formula is C15H24N2O3S. The number of morpholine rings is 1. The Balaban J connectivity index is 2.43. The lowest BCUT2D eigenvalue weighted by atomic mass is 10.0. The van der Waals surface area contributed by atoms with Crippen LogP contribution in [-0.2, 0) is 14.8 Å². The number of nitrogens with two attached hydrogens (primary N) is 1. The lowest BCUT2D eigenvalue weighted by Crippen LogP contribution is -2.58. The summed E-state index contributed by atoms with van der Waals surface area (Å²) in [4.78, 5) is 0.168. The summed E-state index contributed by atoms with van der Waals surface area (Å²) < 4.78 is 33.2. The molecule has 118 valence electrons. The number of ether oxygens (including phenoxy) is 1. The summed E-state index contributed by atoms with van der Waals surface area (Å²) in [5.41, 5.74) is 6.07. The Morgan fingerprint density at radius 1 is 1.14 bits per heavy atom. The quantitative estimate of drug-likeness (QED) is 0.849. The van der Waals surface area contributed by atoms with Crippen molar-refractivity contribution < 1.29 is 13.2 Å². The molecule has 0 amide bonds. The van der Waals surface area contributed by atoms with E-state index in [0.29, 0.717) is 13.1 Å². The molecule has 1 saturated heterocycles. The molecule has 1 aromatic carbocycles. The number of hydrogen-bond acceptors (Lipinski definition) is 4. The second-order valence-electron chi connectivity index (χ2n) is 6.94. The van der Waals surface area contributed by atoms with E-state index in [1.54, 1.807) is 18.2 Å². The van der Waals surface area contributed by atoms with Crippen molar-refractivity contribution in [3.8, 4) is 0 Å². The van der Waals surface area contributed by atoms with Crippen LogP contribution >= 0.6 is 0 Å². The summed E-state index contributed by atoms with van der Waals surface area (Å²) >= 11 is 0. The standard InChI is InChI=1S/C15H24N2O3S/c1-11-6-7-13(12(16)8-11)21(18,19)17-9-14(2,3)20-15(4,5)10-17/h6-8H,9-10,16H2,1-5H3. The van der Waals surface area contributed by atoms with Gasteiger partial charge in [0.1, 0.15) is 4.90 Å². The Hall–Kier alpha value is -1.11. The van der Waals surface area contributed by atoms with Crippen molar-refractivity contribution in [3.63, 3.8) is 0 Å². The van der Waals surface area contributed by atoms with Gasteiger partial charge in [-0.15, -0.1) is 0 Å². The molecule has 0 bridgehead atoms. The number of nitrogen functional groups attached to an aromatic ring is 1. The number of anilines is 1. The third-order valence-corrected chi connectivity index (χ3v) is 5.32. The average Bonchev–Trinajstić information content (AvgIpc) is 2.23. The van der Waals surface area contributed by atoms with Gasteiger partial charge in [0, 0.05) is 13.1 Å². The SMILES string of the molecule is Cc1ccc(S(=O)(=O)N2CC(C)(C)OC(C)(C)C2)c(N)c1. The molecule has 1 aliphatic heterocycles. The average molecular weight is 312 g/mol. The van der Waals surface area contributed by atoms with Crippen molar-refractivity contribution in [1.29, 1.82) is 0 Å². The van der Waals surface area contributed by atoms with Crippen LogP contribution in [0.1, 0.15) is 33.3 Å². The molecule has 0 unspecified atom stereocenters. The number of hydrogen-bond donors (Lipinski definition) is 1. The zero-order chi connectivity index (χ0) is 16.1. The van der Waals surface area contributed by atoms with Gasteiger partial charge in [0.2, 0.25) is 10.0 Å². The van der Waals surface area contributed by atoms with E-state index in [0.717, 1.165) is 5.56 Å². The van der Waals surface area contributed by atoms with E-state index in [-0.39, 0.29) is 10.6 Å². The molecule has 21 heavy (non-hydrogen) atoms. The lowest BCUT2D eigenvalue weighted by Gasteiger charge is -2.46. The predicted octanol–water partition coefficient (Wildman–Crippen LogP) is 2.16. The van der Waals surface area contributed by atoms with Gasteiger partial charge in [0.15, 0.2) is 0 Å². The maximum absolute atomic E-state index is 12.9. The smallest absolute Gasteiger partial charge is 0.245 e. The highest BCUT2D eigenvalue weighted by Gasteiger charge is 2.43. The van der Waals surface area contributed by atoms with E-state index in [1.807, 2.05) is 34.6 Å². The highest BCUT2D eigenvalue weighted by atomic mass is 32.2. The molecule has 1 fully saturated rings. The van der Waals surface area contributed by atoms with Gasteiger partial charge >= 0.3 is 0 Å². The van der Waals surface area contributed by atoms with Gasteiger partial charge in [-0.3, -0.25) is 0 Å². The van der Waals surface area contributed by atoms with Crippen LogP contribution < -0.4 is 5.73 Å². The largest absolute Gasteiger partial charge is 0.398 e. The van der Waals surface area contributed by atoms with Crippen LogP contribution in [0.25, 0.3) is 0 Å². The summed E-state index contributed by atoms with van der Waals surface area (Å²) in [5, 5.41) is 0. The summed E-state index contributed by atoms with van der Waals surface area (Å²) in [5.74, 6) is 0. The summed E-state index contributed by atoms with van der Waals surface area (Å²) in [6, 6.07) is 5.03. The summed E-state index contributed by atoms with van der Waals surface area (Å²) in [7, 11) is -3.62.